The fraction of sp³-hybridized carbons (Fsp3) is 0.286. The van der Waals surface area contributed by atoms with Crippen LogP contribution in [-0.4, -0.2) is 57.3 Å². The van der Waals surface area contributed by atoms with Gasteiger partial charge in [0.15, 0.2) is 6.61 Å². The molecule has 0 aliphatic rings. The van der Waals surface area contributed by atoms with Crippen LogP contribution >= 0.6 is 11.6 Å². The molecule has 0 radical (unpaired) electrons. The van der Waals surface area contributed by atoms with Crippen LogP contribution in [0, 0.1) is 6.92 Å². The summed E-state index contributed by atoms with van der Waals surface area (Å²) in [6.07, 6.45) is 0. The molecule has 2 aromatic carbocycles. The van der Waals surface area contributed by atoms with Crippen LogP contribution in [-0.2, 0) is 29.1 Å². The molecule has 0 saturated carbocycles. The SMILES string of the molecule is Cc1ccc(NC(=O)CN(C)C(=O)COC(=O)C(C)NS(=O)(=O)c2ccc(Cl)cc2)cc1. The summed E-state index contributed by atoms with van der Waals surface area (Å²) in [6.45, 7) is 2.32. The van der Waals surface area contributed by atoms with Crippen molar-refractivity contribution in [1.29, 1.82) is 0 Å². The summed E-state index contributed by atoms with van der Waals surface area (Å²) in [7, 11) is -2.60. The van der Waals surface area contributed by atoms with Crippen LogP contribution in [0.25, 0.3) is 0 Å². The lowest BCUT2D eigenvalue weighted by atomic mass is 10.2. The molecule has 0 aliphatic heterocycles. The minimum Gasteiger partial charge on any atom is -0.454 e. The minimum atomic E-state index is -3.98. The molecule has 2 rings (SSSR count). The Labute approximate surface area is 191 Å². The van der Waals surface area contributed by atoms with Gasteiger partial charge in [-0.3, -0.25) is 14.4 Å². The van der Waals surface area contributed by atoms with Crippen molar-refractivity contribution in [3.8, 4) is 0 Å². The van der Waals surface area contributed by atoms with Gasteiger partial charge in [-0.2, -0.15) is 4.72 Å². The van der Waals surface area contributed by atoms with E-state index in [2.05, 4.69) is 10.0 Å². The molecule has 0 fully saturated rings. The number of benzene rings is 2. The van der Waals surface area contributed by atoms with Gasteiger partial charge in [-0.05, 0) is 50.2 Å². The van der Waals surface area contributed by atoms with E-state index in [4.69, 9.17) is 16.3 Å². The molecule has 0 aromatic heterocycles. The maximum absolute atomic E-state index is 12.3. The number of carbonyl (C=O) groups excluding carboxylic acids is 3. The molecule has 0 bridgehead atoms. The third kappa shape index (κ3) is 7.63. The smallest absolute Gasteiger partial charge is 0.324 e. The summed E-state index contributed by atoms with van der Waals surface area (Å²) in [5.74, 6) is -1.97. The lowest BCUT2D eigenvalue weighted by molar-refractivity contribution is -0.152. The molecule has 1 unspecified atom stereocenters. The number of ether oxygens (including phenoxy) is 1. The highest BCUT2D eigenvalue weighted by atomic mass is 35.5. The van der Waals surface area contributed by atoms with Crippen LogP contribution in [0.4, 0.5) is 5.69 Å². The van der Waals surface area contributed by atoms with Gasteiger partial charge in [0, 0.05) is 17.8 Å². The monoisotopic (exact) mass is 481 g/mol. The third-order valence-electron chi connectivity index (χ3n) is 4.29. The normalized spacial score (nSPS) is 12.0. The van der Waals surface area contributed by atoms with Crippen LogP contribution in [0.15, 0.2) is 53.4 Å². The molecule has 2 amide bonds. The number of esters is 1. The Bertz CT molecular complexity index is 1070. The Balaban J connectivity index is 1.81. The van der Waals surface area contributed by atoms with Crippen molar-refractivity contribution in [2.24, 2.45) is 0 Å². The molecule has 172 valence electrons. The van der Waals surface area contributed by atoms with Gasteiger partial charge in [0.2, 0.25) is 15.9 Å². The average molecular weight is 482 g/mol. The number of hydrogen-bond acceptors (Lipinski definition) is 6. The molecule has 0 aliphatic carbocycles. The zero-order chi connectivity index (χ0) is 23.9. The Hall–Kier alpha value is -2.95. The molecule has 2 aromatic rings. The van der Waals surface area contributed by atoms with Gasteiger partial charge < -0.3 is 15.0 Å². The third-order valence-corrected chi connectivity index (χ3v) is 6.10. The maximum atomic E-state index is 12.3. The predicted octanol–water partition coefficient (Wildman–Crippen LogP) is 1.96. The largest absolute Gasteiger partial charge is 0.454 e. The quantitative estimate of drug-likeness (QED) is 0.528. The lowest BCUT2D eigenvalue weighted by Crippen LogP contribution is -2.42. The first-order chi connectivity index (χ1) is 15.0. The van der Waals surface area contributed by atoms with Gasteiger partial charge in [0.25, 0.3) is 5.91 Å². The van der Waals surface area contributed by atoms with Gasteiger partial charge >= 0.3 is 5.97 Å². The predicted molar refractivity (Wildman–Crippen MR) is 120 cm³/mol. The Kier molecular flexibility index (Phi) is 8.76. The Morgan fingerprint density at radius 1 is 1.06 bits per heavy atom. The summed E-state index contributed by atoms with van der Waals surface area (Å²) in [5.41, 5.74) is 1.64. The molecule has 32 heavy (non-hydrogen) atoms. The Morgan fingerprint density at radius 3 is 2.25 bits per heavy atom. The molecule has 2 N–H and O–H groups in total. The van der Waals surface area contributed by atoms with Crippen molar-refractivity contribution in [1.82, 2.24) is 9.62 Å². The highest BCUT2D eigenvalue weighted by Gasteiger charge is 2.24. The number of amides is 2. The Morgan fingerprint density at radius 2 is 1.66 bits per heavy atom. The highest BCUT2D eigenvalue weighted by molar-refractivity contribution is 7.89. The number of anilines is 1. The number of halogens is 1. The van der Waals surface area contributed by atoms with Crippen LogP contribution in [0.2, 0.25) is 5.02 Å². The van der Waals surface area contributed by atoms with Crippen LogP contribution < -0.4 is 10.0 Å². The average Bonchev–Trinajstić information content (AvgIpc) is 2.73. The van der Waals surface area contributed by atoms with E-state index in [1.54, 1.807) is 12.1 Å². The molecule has 0 heterocycles. The van der Waals surface area contributed by atoms with Crippen LogP contribution in [0.5, 0.6) is 0 Å². The molecular formula is C21H24ClN3O6S. The molecule has 11 heteroatoms. The summed E-state index contributed by atoms with van der Waals surface area (Å²) >= 11 is 5.74. The number of likely N-dealkylation sites (N-methyl/N-ethyl adjacent to an activating group) is 1. The van der Waals surface area contributed by atoms with Gasteiger partial charge in [-0.1, -0.05) is 29.3 Å². The van der Waals surface area contributed by atoms with Gasteiger partial charge in [0.05, 0.1) is 11.4 Å². The topological polar surface area (TPSA) is 122 Å². The number of nitrogens with one attached hydrogen (secondary N) is 2. The lowest BCUT2D eigenvalue weighted by Gasteiger charge is -2.18. The van der Waals surface area contributed by atoms with E-state index < -0.39 is 40.5 Å². The maximum Gasteiger partial charge on any atom is 0.324 e. The van der Waals surface area contributed by atoms with Crippen molar-refractivity contribution >= 4 is 45.1 Å². The van der Waals surface area contributed by atoms with Crippen molar-refractivity contribution in [2.45, 2.75) is 24.8 Å². The second kappa shape index (κ2) is 11.1. The number of hydrogen-bond donors (Lipinski definition) is 2. The fourth-order valence-corrected chi connectivity index (χ4v) is 3.79. The first kappa shape index (κ1) is 25.3. The van der Waals surface area contributed by atoms with E-state index in [9.17, 15) is 22.8 Å². The van der Waals surface area contributed by atoms with Crippen LogP contribution in [0.3, 0.4) is 0 Å². The van der Waals surface area contributed by atoms with E-state index >= 15 is 0 Å². The first-order valence-electron chi connectivity index (χ1n) is 9.53. The number of rotatable bonds is 9. The van der Waals surface area contributed by atoms with E-state index in [0.717, 1.165) is 10.5 Å². The molecule has 0 saturated heterocycles. The zero-order valence-electron chi connectivity index (χ0n) is 17.8. The second-order valence-corrected chi connectivity index (χ2v) is 9.22. The number of nitrogens with zero attached hydrogens (tertiary/aromatic N) is 1. The standard InChI is InChI=1S/C21H24ClN3O6S/c1-14-4-8-17(9-5-14)23-19(26)12-25(3)20(27)13-31-21(28)15(2)24-32(29,30)18-10-6-16(22)7-11-18/h4-11,15,24H,12-13H2,1-3H3,(H,23,26). The van der Waals surface area contributed by atoms with E-state index in [1.807, 2.05) is 19.1 Å². The van der Waals surface area contributed by atoms with Gasteiger partial charge in [0.1, 0.15) is 6.04 Å². The van der Waals surface area contributed by atoms with Crippen molar-refractivity contribution in [2.75, 3.05) is 25.5 Å². The first-order valence-corrected chi connectivity index (χ1v) is 11.4. The van der Waals surface area contributed by atoms with E-state index in [-0.39, 0.29) is 11.4 Å². The zero-order valence-corrected chi connectivity index (χ0v) is 19.4. The van der Waals surface area contributed by atoms with Crippen molar-refractivity contribution in [3.05, 3.63) is 59.1 Å². The van der Waals surface area contributed by atoms with Gasteiger partial charge in [-0.25, -0.2) is 8.42 Å². The van der Waals surface area contributed by atoms with Crippen molar-refractivity contribution in [3.63, 3.8) is 0 Å². The molecular weight excluding hydrogens is 458 g/mol. The van der Waals surface area contributed by atoms with E-state index in [0.29, 0.717) is 10.7 Å². The van der Waals surface area contributed by atoms with Crippen molar-refractivity contribution < 1.29 is 27.5 Å². The summed E-state index contributed by atoms with van der Waals surface area (Å²) in [5, 5.41) is 3.02. The number of sulfonamides is 1. The highest BCUT2D eigenvalue weighted by Crippen LogP contribution is 2.14. The van der Waals surface area contributed by atoms with E-state index in [1.165, 1.54) is 38.2 Å². The van der Waals surface area contributed by atoms with Gasteiger partial charge in [-0.15, -0.1) is 0 Å². The second-order valence-electron chi connectivity index (χ2n) is 7.07. The fourth-order valence-electron chi connectivity index (χ4n) is 2.47. The molecule has 0 spiro atoms. The van der Waals surface area contributed by atoms with Crippen LogP contribution in [0.1, 0.15) is 12.5 Å². The summed E-state index contributed by atoms with van der Waals surface area (Å²) in [6, 6.07) is 11.3. The molecule has 1 atom stereocenters. The summed E-state index contributed by atoms with van der Waals surface area (Å²) in [4.78, 5) is 37.4. The molecule has 9 nitrogen and oxygen atoms in total. The summed E-state index contributed by atoms with van der Waals surface area (Å²) < 4.78 is 31.7. The number of carbonyl (C=O) groups is 3. The number of aryl methyl sites for hydroxylation is 1. The minimum absolute atomic E-state index is 0.0723.